The van der Waals surface area contributed by atoms with Gasteiger partial charge in [0.05, 0.1) is 6.42 Å². The Balaban J connectivity index is 2.40. The van der Waals surface area contributed by atoms with Crippen LogP contribution >= 0.6 is 0 Å². The molecule has 3 nitrogen and oxygen atoms in total. The summed E-state index contributed by atoms with van der Waals surface area (Å²) in [6.45, 7) is 0. The van der Waals surface area contributed by atoms with Crippen LogP contribution in [0.15, 0.2) is 42.5 Å². The van der Waals surface area contributed by atoms with E-state index in [4.69, 9.17) is 5.11 Å². The number of hydrogen-bond donors (Lipinski definition) is 1. The van der Waals surface area contributed by atoms with Crippen molar-refractivity contribution in [2.75, 3.05) is 0 Å². The van der Waals surface area contributed by atoms with Crippen LogP contribution in [0.4, 0.5) is 17.6 Å². The highest BCUT2D eigenvalue weighted by molar-refractivity contribution is 5.73. The Labute approximate surface area is 122 Å². The van der Waals surface area contributed by atoms with Crippen LogP contribution in [0.5, 0.6) is 5.75 Å². The van der Waals surface area contributed by atoms with Crippen LogP contribution in [-0.2, 0) is 11.2 Å². The minimum absolute atomic E-state index is 0.0505. The molecule has 0 fully saturated rings. The second-order valence-corrected chi connectivity index (χ2v) is 4.42. The van der Waals surface area contributed by atoms with E-state index in [-0.39, 0.29) is 16.7 Å². The first-order chi connectivity index (χ1) is 10.3. The molecule has 0 spiro atoms. The van der Waals surface area contributed by atoms with Gasteiger partial charge in [-0.25, -0.2) is 4.39 Å². The van der Waals surface area contributed by atoms with Crippen LogP contribution in [0, 0.1) is 5.82 Å². The molecule has 0 amide bonds. The summed E-state index contributed by atoms with van der Waals surface area (Å²) in [5.74, 6) is -2.46. The van der Waals surface area contributed by atoms with Crippen molar-refractivity contribution >= 4 is 5.97 Å². The number of hydrogen-bond acceptors (Lipinski definition) is 2. The largest absolute Gasteiger partial charge is 0.573 e. The van der Waals surface area contributed by atoms with Crippen molar-refractivity contribution in [3.05, 3.63) is 53.8 Å². The summed E-state index contributed by atoms with van der Waals surface area (Å²) in [4.78, 5) is 10.6. The van der Waals surface area contributed by atoms with Gasteiger partial charge in [0.15, 0.2) is 0 Å². The summed E-state index contributed by atoms with van der Waals surface area (Å²) in [5.41, 5.74) is 0.164. The lowest BCUT2D eigenvalue weighted by Gasteiger charge is -2.13. The van der Waals surface area contributed by atoms with Crippen molar-refractivity contribution in [3.8, 4) is 16.9 Å². The summed E-state index contributed by atoms with van der Waals surface area (Å²) in [7, 11) is 0. The van der Waals surface area contributed by atoms with Crippen LogP contribution < -0.4 is 4.74 Å². The zero-order chi connectivity index (χ0) is 16.3. The van der Waals surface area contributed by atoms with Gasteiger partial charge in [-0.2, -0.15) is 0 Å². The summed E-state index contributed by atoms with van der Waals surface area (Å²) in [6.07, 6.45) is -5.37. The summed E-state index contributed by atoms with van der Waals surface area (Å²) < 4.78 is 54.8. The molecule has 2 rings (SSSR count). The zero-order valence-electron chi connectivity index (χ0n) is 11.0. The van der Waals surface area contributed by atoms with Crippen molar-refractivity contribution in [2.45, 2.75) is 12.8 Å². The van der Waals surface area contributed by atoms with Crippen LogP contribution in [-0.4, -0.2) is 17.4 Å². The molecule has 0 radical (unpaired) electrons. The number of halogens is 4. The monoisotopic (exact) mass is 314 g/mol. The molecule has 0 saturated carbocycles. The number of carbonyl (C=O) groups is 1. The number of alkyl halides is 3. The van der Waals surface area contributed by atoms with Crippen molar-refractivity contribution in [3.63, 3.8) is 0 Å². The maximum absolute atomic E-state index is 13.8. The molecule has 0 aliphatic carbocycles. The summed E-state index contributed by atoms with van der Waals surface area (Å²) in [5, 5.41) is 8.64. The third kappa shape index (κ3) is 3.97. The Hall–Kier alpha value is -2.57. The molecule has 0 atom stereocenters. The van der Waals surface area contributed by atoms with Gasteiger partial charge in [0.25, 0.3) is 0 Å². The van der Waals surface area contributed by atoms with Gasteiger partial charge < -0.3 is 9.84 Å². The van der Waals surface area contributed by atoms with Gasteiger partial charge in [-0.1, -0.05) is 30.3 Å². The Morgan fingerprint density at radius 3 is 2.41 bits per heavy atom. The average Bonchev–Trinajstić information content (AvgIpc) is 2.39. The molecule has 0 aromatic heterocycles. The molecule has 7 heteroatoms. The van der Waals surface area contributed by atoms with Gasteiger partial charge >= 0.3 is 12.3 Å². The number of para-hydroxylation sites is 1. The van der Waals surface area contributed by atoms with Crippen molar-refractivity contribution in [1.82, 2.24) is 0 Å². The van der Waals surface area contributed by atoms with E-state index in [1.54, 1.807) is 0 Å². The highest BCUT2D eigenvalue weighted by Crippen LogP contribution is 2.34. The van der Waals surface area contributed by atoms with E-state index in [0.717, 1.165) is 12.1 Å². The highest BCUT2D eigenvalue weighted by Gasteiger charge is 2.32. The Morgan fingerprint density at radius 2 is 1.82 bits per heavy atom. The number of carboxylic acids is 1. The van der Waals surface area contributed by atoms with E-state index in [0.29, 0.717) is 0 Å². The molecule has 0 aliphatic heterocycles. The molecule has 1 N–H and O–H groups in total. The molecule has 0 heterocycles. The molecular weight excluding hydrogens is 304 g/mol. The molecule has 116 valence electrons. The minimum atomic E-state index is -4.86. The number of ether oxygens (including phenoxy) is 1. The lowest BCUT2D eigenvalue weighted by atomic mass is 10.0. The molecule has 0 aliphatic rings. The normalized spacial score (nSPS) is 11.3. The lowest BCUT2D eigenvalue weighted by molar-refractivity contribution is -0.274. The van der Waals surface area contributed by atoms with Gasteiger partial charge in [0, 0.05) is 5.56 Å². The van der Waals surface area contributed by atoms with Gasteiger partial charge in [-0.05, 0) is 23.3 Å². The van der Waals surface area contributed by atoms with E-state index in [9.17, 15) is 22.4 Å². The first-order valence-corrected chi connectivity index (χ1v) is 6.11. The fourth-order valence-corrected chi connectivity index (χ4v) is 1.94. The fourth-order valence-electron chi connectivity index (χ4n) is 1.94. The van der Waals surface area contributed by atoms with Gasteiger partial charge in [0.1, 0.15) is 11.6 Å². The van der Waals surface area contributed by atoms with E-state index in [1.165, 1.54) is 30.3 Å². The quantitative estimate of drug-likeness (QED) is 0.867. The number of benzene rings is 2. The molecule has 2 aromatic carbocycles. The second kappa shape index (κ2) is 6.05. The molecule has 22 heavy (non-hydrogen) atoms. The SMILES string of the molecule is O=C(O)Cc1ccc(-c2ccccc2OC(F)(F)F)cc1F. The van der Waals surface area contributed by atoms with Crippen LogP contribution in [0.2, 0.25) is 0 Å². The third-order valence-corrected chi connectivity index (χ3v) is 2.82. The van der Waals surface area contributed by atoms with Crippen LogP contribution in [0.1, 0.15) is 5.56 Å². The number of carboxylic acid groups (broad SMARTS) is 1. The maximum Gasteiger partial charge on any atom is 0.573 e. The van der Waals surface area contributed by atoms with Crippen LogP contribution in [0.3, 0.4) is 0 Å². The lowest BCUT2D eigenvalue weighted by Crippen LogP contribution is -2.17. The smallest absolute Gasteiger partial charge is 0.481 e. The van der Waals surface area contributed by atoms with Gasteiger partial charge in [0.2, 0.25) is 0 Å². The maximum atomic E-state index is 13.8. The minimum Gasteiger partial charge on any atom is -0.481 e. The standard InChI is InChI=1S/C15H10F4O3/c16-12-7-9(5-6-10(12)8-14(20)21)11-3-1-2-4-13(11)22-15(17,18)19/h1-7H,8H2,(H,20,21). The zero-order valence-corrected chi connectivity index (χ0v) is 11.0. The second-order valence-electron chi connectivity index (χ2n) is 4.42. The predicted octanol–water partition coefficient (Wildman–Crippen LogP) is 4.02. The average molecular weight is 314 g/mol. The van der Waals surface area contributed by atoms with E-state index in [1.807, 2.05) is 0 Å². The topological polar surface area (TPSA) is 46.5 Å². The first-order valence-electron chi connectivity index (χ1n) is 6.11. The van der Waals surface area contributed by atoms with Crippen molar-refractivity contribution in [2.24, 2.45) is 0 Å². The predicted molar refractivity (Wildman–Crippen MR) is 69.9 cm³/mol. The summed E-state index contributed by atoms with van der Waals surface area (Å²) >= 11 is 0. The Morgan fingerprint density at radius 1 is 1.14 bits per heavy atom. The number of aliphatic carboxylic acids is 1. The Bertz CT molecular complexity index is 695. The van der Waals surface area contributed by atoms with E-state index < -0.39 is 30.3 Å². The Kier molecular flexibility index (Phi) is 4.35. The van der Waals surface area contributed by atoms with Gasteiger partial charge in [-0.3, -0.25) is 4.79 Å². The molecule has 0 bridgehead atoms. The van der Waals surface area contributed by atoms with E-state index >= 15 is 0 Å². The van der Waals surface area contributed by atoms with E-state index in [2.05, 4.69) is 4.74 Å². The third-order valence-electron chi connectivity index (χ3n) is 2.82. The molecule has 0 unspecified atom stereocenters. The molecular formula is C15H10F4O3. The van der Waals surface area contributed by atoms with Gasteiger partial charge in [-0.15, -0.1) is 13.2 Å². The fraction of sp³-hybridized carbons (Fsp3) is 0.133. The molecule has 2 aromatic rings. The van der Waals surface area contributed by atoms with Crippen molar-refractivity contribution < 1.29 is 32.2 Å². The van der Waals surface area contributed by atoms with Crippen molar-refractivity contribution in [1.29, 1.82) is 0 Å². The first kappa shape index (κ1) is 15.8. The highest BCUT2D eigenvalue weighted by atomic mass is 19.4. The number of rotatable bonds is 4. The van der Waals surface area contributed by atoms with Crippen LogP contribution in [0.25, 0.3) is 11.1 Å². The summed E-state index contributed by atoms with van der Waals surface area (Å²) in [6, 6.07) is 8.87. The molecule has 0 saturated heterocycles.